The van der Waals surface area contributed by atoms with Crippen molar-refractivity contribution in [3.8, 4) is 0 Å². The number of ether oxygens (including phenoxy) is 1. The lowest BCUT2D eigenvalue weighted by atomic mass is 10.2. The van der Waals surface area contributed by atoms with Crippen LogP contribution in [0.25, 0.3) is 0 Å². The van der Waals surface area contributed by atoms with Gasteiger partial charge in [0, 0.05) is 10.2 Å². The minimum absolute atomic E-state index is 0.366. The number of carbonyl (C=O) groups is 2. The van der Waals surface area contributed by atoms with Gasteiger partial charge < -0.3 is 10.1 Å². The number of anilines is 1. The van der Waals surface area contributed by atoms with Crippen molar-refractivity contribution in [2.45, 2.75) is 20.0 Å². The van der Waals surface area contributed by atoms with Crippen molar-refractivity contribution in [3.05, 3.63) is 64.1 Å². The number of aryl methyl sites for hydroxylation is 1. The third kappa shape index (κ3) is 3.95. The molecular formula is C17H16BrNO3. The van der Waals surface area contributed by atoms with E-state index in [1.54, 1.807) is 37.3 Å². The number of carbonyl (C=O) groups excluding carboxylic acids is 2. The number of amides is 1. The summed E-state index contributed by atoms with van der Waals surface area (Å²) in [6.45, 7) is 3.44. The predicted molar refractivity (Wildman–Crippen MR) is 88.8 cm³/mol. The molecule has 0 aliphatic carbocycles. The van der Waals surface area contributed by atoms with Gasteiger partial charge in [0.15, 0.2) is 6.10 Å². The van der Waals surface area contributed by atoms with Gasteiger partial charge in [0.2, 0.25) is 0 Å². The maximum Gasteiger partial charge on any atom is 0.340 e. The third-order valence-electron chi connectivity index (χ3n) is 3.15. The van der Waals surface area contributed by atoms with Crippen molar-refractivity contribution in [2.24, 2.45) is 0 Å². The van der Waals surface area contributed by atoms with E-state index in [1.165, 1.54) is 0 Å². The van der Waals surface area contributed by atoms with E-state index in [1.807, 2.05) is 25.1 Å². The summed E-state index contributed by atoms with van der Waals surface area (Å²) in [4.78, 5) is 24.2. The fourth-order valence-electron chi connectivity index (χ4n) is 1.85. The molecule has 1 amide bonds. The van der Waals surface area contributed by atoms with Gasteiger partial charge in [-0.2, -0.15) is 0 Å². The molecule has 22 heavy (non-hydrogen) atoms. The van der Waals surface area contributed by atoms with E-state index in [0.717, 1.165) is 5.56 Å². The first-order chi connectivity index (χ1) is 10.5. The van der Waals surface area contributed by atoms with Gasteiger partial charge in [-0.1, -0.05) is 30.3 Å². The number of esters is 1. The first-order valence-corrected chi connectivity index (χ1v) is 7.60. The van der Waals surface area contributed by atoms with Crippen LogP contribution in [0.4, 0.5) is 5.69 Å². The normalized spacial score (nSPS) is 11.6. The van der Waals surface area contributed by atoms with Crippen molar-refractivity contribution in [1.29, 1.82) is 0 Å². The van der Waals surface area contributed by atoms with E-state index >= 15 is 0 Å². The maximum absolute atomic E-state index is 12.1. The number of hydrogen-bond donors (Lipinski definition) is 1. The average molecular weight is 362 g/mol. The quantitative estimate of drug-likeness (QED) is 0.839. The van der Waals surface area contributed by atoms with Gasteiger partial charge in [0.25, 0.3) is 5.91 Å². The molecule has 0 bridgehead atoms. The van der Waals surface area contributed by atoms with Gasteiger partial charge in [-0.15, -0.1) is 0 Å². The Labute approximate surface area is 137 Å². The van der Waals surface area contributed by atoms with Crippen LogP contribution in [0.1, 0.15) is 22.8 Å². The summed E-state index contributed by atoms with van der Waals surface area (Å²) in [5.41, 5.74) is 2.04. The minimum Gasteiger partial charge on any atom is -0.449 e. The second-order valence-electron chi connectivity index (χ2n) is 4.83. The molecule has 0 aliphatic rings. The van der Waals surface area contributed by atoms with Crippen LogP contribution < -0.4 is 5.32 Å². The van der Waals surface area contributed by atoms with Gasteiger partial charge >= 0.3 is 5.97 Å². The number of halogens is 1. The first kappa shape index (κ1) is 16.2. The molecule has 0 heterocycles. The zero-order chi connectivity index (χ0) is 16.1. The highest BCUT2D eigenvalue weighted by molar-refractivity contribution is 9.10. The molecule has 0 aliphatic heterocycles. The van der Waals surface area contributed by atoms with Crippen LogP contribution in [0, 0.1) is 6.92 Å². The van der Waals surface area contributed by atoms with Gasteiger partial charge in [-0.05, 0) is 53.5 Å². The Bertz CT molecular complexity index is 700. The van der Waals surface area contributed by atoms with Crippen LogP contribution in [-0.2, 0) is 9.53 Å². The monoisotopic (exact) mass is 361 g/mol. The number of hydrogen-bond acceptors (Lipinski definition) is 3. The highest BCUT2D eigenvalue weighted by Crippen LogP contribution is 2.18. The molecule has 5 heteroatoms. The Kier molecular flexibility index (Phi) is 5.33. The second kappa shape index (κ2) is 7.22. The molecule has 0 aromatic heterocycles. The van der Waals surface area contributed by atoms with Crippen molar-refractivity contribution in [3.63, 3.8) is 0 Å². The molecule has 1 atom stereocenters. The van der Waals surface area contributed by atoms with Crippen LogP contribution in [-0.4, -0.2) is 18.0 Å². The lowest BCUT2D eigenvalue weighted by molar-refractivity contribution is -0.123. The Hall–Kier alpha value is -2.14. The summed E-state index contributed by atoms with van der Waals surface area (Å²) in [6, 6.07) is 14.3. The SMILES string of the molecule is Cc1ccccc1NC(=O)C(C)OC(=O)c1ccccc1Br. The number of benzene rings is 2. The largest absolute Gasteiger partial charge is 0.449 e. The minimum atomic E-state index is -0.890. The third-order valence-corrected chi connectivity index (χ3v) is 3.84. The number of nitrogens with one attached hydrogen (secondary N) is 1. The molecule has 2 aromatic rings. The molecule has 2 aromatic carbocycles. The van der Waals surface area contributed by atoms with Crippen LogP contribution >= 0.6 is 15.9 Å². The Balaban J connectivity index is 2.01. The summed E-state index contributed by atoms with van der Waals surface area (Å²) >= 11 is 3.29. The van der Waals surface area contributed by atoms with Crippen molar-refractivity contribution >= 4 is 33.5 Å². The van der Waals surface area contributed by atoms with E-state index in [9.17, 15) is 9.59 Å². The lowest BCUT2D eigenvalue weighted by Crippen LogP contribution is -2.30. The standard InChI is InChI=1S/C17H16BrNO3/c1-11-7-3-6-10-15(11)19-16(20)12(2)22-17(21)13-8-4-5-9-14(13)18/h3-10,12H,1-2H3,(H,19,20). The lowest BCUT2D eigenvalue weighted by Gasteiger charge is -2.15. The van der Waals surface area contributed by atoms with Gasteiger partial charge in [-0.25, -0.2) is 4.79 Å². The average Bonchev–Trinajstić information content (AvgIpc) is 2.49. The molecule has 0 saturated heterocycles. The summed E-state index contributed by atoms with van der Waals surface area (Å²) in [5, 5.41) is 2.75. The zero-order valence-electron chi connectivity index (χ0n) is 12.3. The summed E-state index contributed by atoms with van der Waals surface area (Å²) in [6.07, 6.45) is -0.890. The number of para-hydroxylation sites is 1. The highest BCUT2D eigenvalue weighted by atomic mass is 79.9. The summed E-state index contributed by atoms with van der Waals surface area (Å²) < 4.78 is 5.84. The molecular weight excluding hydrogens is 346 g/mol. The van der Waals surface area contributed by atoms with Crippen molar-refractivity contribution < 1.29 is 14.3 Å². The van der Waals surface area contributed by atoms with E-state index < -0.39 is 12.1 Å². The Morgan fingerprint density at radius 1 is 1.09 bits per heavy atom. The predicted octanol–water partition coefficient (Wildman–Crippen LogP) is 3.94. The molecule has 0 radical (unpaired) electrons. The van der Waals surface area contributed by atoms with E-state index in [-0.39, 0.29) is 5.91 Å². The smallest absolute Gasteiger partial charge is 0.340 e. The van der Waals surface area contributed by atoms with Crippen molar-refractivity contribution in [1.82, 2.24) is 0 Å². The number of rotatable bonds is 4. The van der Waals surface area contributed by atoms with E-state index in [2.05, 4.69) is 21.2 Å². The maximum atomic E-state index is 12.1. The van der Waals surface area contributed by atoms with Crippen LogP contribution in [0.15, 0.2) is 53.0 Å². The molecule has 0 spiro atoms. The molecule has 114 valence electrons. The van der Waals surface area contributed by atoms with Gasteiger partial charge in [0.05, 0.1) is 5.56 Å². The Morgan fingerprint density at radius 3 is 2.41 bits per heavy atom. The van der Waals surface area contributed by atoms with Gasteiger partial charge in [-0.3, -0.25) is 4.79 Å². The molecule has 1 unspecified atom stereocenters. The molecule has 0 saturated carbocycles. The van der Waals surface area contributed by atoms with Gasteiger partial charge in [0.1, 0.15) is 0 Å². The van der Waals surface area contributed by atoms with Crippen LogP contribution in [0.3, 0.4) is 0 Å². The van der Waals surface area contributed by atoms with Crippen LogP contribution in [0.2, 0.25) is 0 Å². The first-order valence-electron chi connectivity index (χ1n) is 6.81. The highest BCUT2D eigenvalue weighted by Gasteiger charge is 2.20. The van der Waals surface area contributed by atoms with E-state index in [4.69, 9.17) is 4.74 Å². The molecule has 4 nitrogen and oxygen atoms in total. The summed E-state index contributed by atoms with van der Waals surface area (Å²) in [5.74, 6) is -0.908. The Morgan fingerprint density at radius 2 is 1.73 bits per heavy atom. The van der Waals surface area contributed by atoms with E-state index in [0.29, 0.717) is 15.7 Å². The van der Waals surface area contributed by atoms with Crippen molar-refractivity contribution in [2.75, 3.05) is 5.32 Å². The summed E-state index contributed by atoms with van der Waals surface area (Å²) in [7, 11) is 0. The zero-order valence-corrected chi connectivity index (χ0v) is 13.9. The fourth-order valence-corrected chi connectivity index (χ4v) is 2.30. The molecule has 0 fully saturated rings. The fraction of sp³-hybridized carbons (Fsp3) is 0.176. The topological polar surface area (TPSA) is 55.4 Å². The second-order valence-corrected chi connectivity index (χ2v) is 5.69. The molecule has 2 rings (SSSR count). The van der Waals surface area contributed by atoms with Crippen LogP contribution in [0.5, 0.6) is 0 Å². The molecule has 1 N–H and O–H groups in total.